The summed E-state index contributed by atoms with van der Waals surface area (Å²) in [6, 6.07) is 70.1. The second-order valence-electron chi connectivity index (χ2n) is 21.2. The zero-order valence-electron chi connectivity index (χ0n) is 39.2. The Balaban J connectivity index is 1.14. The predicted octanol–water partition coefficient (Wildman–Crippen LogP) is 14.7. The highest BCUT2D eigenvalue weighted by molar-refractivity contribution is 7.00. The quantitative estimate of drug-likeness (QED) is 0.162. The molecule has 5 heteroatoms. The molecule has 0 N–H and O–H groups in total. The fraction of sp³-hybridized carbons (Fsp3) is 0.143. The minimum atomic E-state index is -0.620. The molecular formula is C63H49BN2O2. The van der Waals surface area contributed by atoms with Gasteiger partial charge < -0.3 is 19.0 Å². The molecule has 3 aliphatic heterocycles. The molecule has 0 amide bonds. The first-order valence-electron chi connectivity index (χ1n) is 24.0. The van der Waals surface area contributed by atoms with Gasteiger partial charge in [0.2, 0.25) is 0 Å². The van der Waals surface area contributed by atoms with Crippen LogP contribution in [0.2, 0.25) is 0 Å². The van der Waals surface area contributed by atoms with Crippen LogP contribution in [0.5, 0.6) is 11.5 Å². The van der Waals surface area contributed by atoms with Crippen LogP contribution in [0.4, 0.5) is 34.1 Å². The molecule has 0 fully saturated rings. The van der Waals surface area contributed by atoms with Crippen molar-refractivity contribution in [2.24, 2.45) is 0 Å². The highest BCUT2D eigenvalue weighted by atomic mass is 16.5. The molecule has 326 valence electrons. The number of rotatable bonds is 2. The molecule has 0 bridgehead atoms. The van der Waals surface area contributed by atoms with Crippen molar-refractivity contribution in [3.63, 3.8) is 0 Å². The van der Waals surface area contributed by atoms with Crippen molar-refractivity contribution < 1.29 is 9.15 Å². The Hall–Kier alpha value is -7.76. The summed E-state index contributed by atoms with van der Waals surface area (Å²) >= 11 is 0. The average molecular weight is 877 g/mol. The van der Waals surface area contributed by atoms with Crippen LogP contribution in [-0.2, 0) is 16.2 Å². The highest BCUT2D eigenvalue weighted by Crippen LogP contribution is 2.63. The minimum absolute atomic E-state index is 0.00716. The molecule has 9 aromatic carbocycles. The van der Waals surface area contributed by atoms with E-state index in [0.29, 0.717) is 0 Å². The number of fused-ring (bicyclic) bond motifs is 17. The van der Waals surface area contributed by atoms with E-state index in [1.165, 1.54) is 55.5 Å². The van der Waals surface area contributed by atoms with E-state index in [2.05, 4.69) is 239 Å². The Kier molecular flexibility index (Phi) is 7.92. The van der Waals surface area contributed by atoms with E-state index < -0.39 is 5.41 Å². The van der Waals surface area contributed by atoms with Crippen molar-refractivity contribution >= 4 is 79.2 Å². The molecule has 0 radical (unpaired) electrons. The molecule has 0 saturated carbocycles. The van der Waals surface area contributed by atoms with Crippen molar-refractivity contribution in [2.45, 2.75) is 57.8 Å². The van der Waals surface area contributed by atoms with Gasteiger partial charge in [-0.15, -0.1) is 0 Å². The Morgan fingerprint density at radius 3 is 1.69 bits per heavy atom. The van der Waals surface area contributed by atoms with Crippen LogP contribution in [0.1, 0.15) is 74.9 Å². The van der Waals surface area contributed by atoms with Gasteiger partial charge in [0, 0.05) is 50.3 Å². The first kappa shape index (κ1) is 39.4. The average Bonchev–Trinajstić information content (AvgIpc) is 3.86. The fourth-order valence-electron chi connectivity index (χ4n) is 12.3. The number of furan rings is 1. The standard InChI is InChI=1S/C63H49BN2O2/c1-61(2,3)38-27-31-40(32-28-38)65-53-37-49-44(42-17-7-9-19-46(42)63(49)47-20-10-15-25-56(47)67-57-26-16-11-21-48(57)63)35-51(53)64-50-22-12-13-23-52(50)66(41-33-29-39(30-34-41)62(4,5)6)59-58(64)54(65)36-45-43-18-8-14-24-55(43)68-60(45)59/h7-37H,1-6H3. The van der Waals surface area contributed by atoms with Gasteiger partial charge in [0.05, 0.1) is 11.1 Å². The molecule has 10 aromatic rings. The number of benzene rings is 9. The summed E-state index contributed by atoms with van der Waals surface area (Å²) in [5.74, 6) is 1.78. The monoisotopic (exact) mass is 876 g/mol. The molecule has 0 atom stereocenters. The third kappa shape index (κ3) is 5.22. The van der Waals surface area contributed by atoms with Crippen molar-refractivity contribution in [1.82, 2.24) is 0 Å². The van der Waals surface area contributed by atoms with Gasteiger partial charge in [-0.05, 0) is 121 Å². The van der Waals surface area contributed by atoms with Crippen LogP contribution in [0, 0.1) is 0 Å². The van der Waals surface area contributed by atoms with Crippen LogP contribution < -0.4 is 30.9 Å². The second kappa shape index (κ2) is 13.7. The third-order valence-corrected chi connectivity index (χ3v) is 15.4. The molecule has 4 heterocycles. The van der Waals surface area contributed by atoms with Crippen LogP contribution in [0.15, 0.2) is 192 Å². The van der Waals surface area contributed by atoms with Gasteiger partial charge in [0.1, 0.15) is 17.1 Å². The van der Waals surface area contributed by atoms with Gasteiger partial charge in [-0.1, -0.05) is 169 Å². The molecule has 1 aromatic heterocycles. The number of ether oxygens (including phenoxy) is 1. The summed E-state index contributed by atoms with van der Waals surface area (Å²) < 4.78 is 13.9. The lowest BCUT2D eigenvalue weighted by Gasteiger charge is -2.45. The zero-order valence-corrected chi connectivity index (χ0v) is 39.2. The lowest BCUT2D eigenvalue weighted by molar-refractivity contribution is 0.436. The number of hydrogen-bond acceptors (Lipinski definition) is 4. The molecule has 1 aliphatic carbocycles. The second-order valence-corrected chi connectivity index (χ2v) is 21.2. The maximum atomic E-state index is 7.14. The lowest BCUT2D eigenvalue weighted by Crippen LogP contribution is -2.61. The van der Waals surface area contributed by atoms with Gasteiger partial charge in [0.15, 0.2) is 5.58 Å². The van der Waals surface area contributed by atoms with E-state index in [-0.39, 0.29) is 17.5 Å². The topological polar surface area (TPSA) is 28.9 Å². The van der Waals surface area contributed by atoms with E-state index in [1.807, 2.05) is 0 Å². The van der Waals surface area contributed by atoms with E-state index in [1.54, 1.807) is 0 Å². The van der Waals surface area contributed by atoms with Gasteiger partial charge in [-0.25, -0.2) is 0 Å². The number of hydrogen-bond donors (Lipinski definition) is 0. The normalized spacial score (nSPS) is 14.8. The van der Waals surface area contributed by atoms with Crippen LogP contribution in [0.3, 0.4) is 0 Å². The van der Waals surface area contributed by atoms with Gasteiger partial charge in [-0.3, -0.25) is 0 Å². The summed E-state index contributed by atoms with van der Waals surface area (Å²) in [5.41, 5.74) is 21.7. The summed E-state index contributed by atoms with van der Waals surface area (Å²) in [6.45, 7) is 13.6. The summed E-state index contributed by atoms with van der Waals surface area (Å²) in [5, 5.41) is 2.20. The Morgan fingerprint density at radius 1 is 0.441 bits per heavy atom. The van der Waals surface area contributed by atoms with Crippen LogP contribution in [0.25, 0.3) is 33.1 Å². The molecule has 0 saturated heterocycles. The molecule has 0 unspecified atom stereocenters. The molecule has 14 rings (SSSR count). The van der Waals surface area contributed by atoms with Gasteiger partial charge in [0.25, 0.3) is 6.71 Å². The fourth-order valence-corrected chi connectivity index (χ4v) is 12.3. The Morgan fingerprint density at radius 2 is 1.01 bits per heavy atom. The van der Waals surface area contributed by atoms with Gasteiger partial charge >= 0.3 is 0 Å². The largest absolute Gasteiger partial charge is 0.457 e. The predicted molar refractivity (Wildman–Crippen MR) is 283 cm³/mol. The smallest absolute Gasteiger partial charge is 0.252 e. The van der Waals surface area contributed by atoms with Crippen LogP contribution >= 0.6 is 0 Å². The molecule has 1 spiro atoms. The maximum Gasteiger partial charge on any atom is 0.252 e. The van der Waals surface area contributed by atoms with E-state index in [0.717, 1.165) is 73.0 Å². The Labute approximate surface area is 398 Å². The third-order valence-electron chi connectivity index (χ3n) is 15.4. The Bertz CT molecular complexity index is 3710. The lowest BCUT2D eigenvalue weighted by atomic mass is 9.33. The van der Waals surface area contributed by atoms with E-state index >= 15 is 0 Å². The first-order chi connectivity index (χ1) is 33.0. The number of nitrogens with zero attached hydrogens (tertiary/aromatic N) is 2. The summed E-state index contributed by atoms with van der Waals surface area (Å²) in [7, 11) is 0. The number of anilines is 6. The maximum absolute atomic E-state index is 7.14. The van der Waals surface area contributed by atoms with Crippen molar-refractivity contribution in [3.05, 3.63) is 221 Å². The van der Waals surface area contributed by atoms with Crippen LogP contribution in [-0.4, -0.2) is 6.71 Å². The number of para-hydroxylation sites is 4. The molecule has 4 nitrogen and oxygen atoms in total. The minimum Gasteiger partial charge on any atom is -0.457 e. The summed E-state index contributed by atoms with van der Waals surface area (Å²) in [6.07, 6.45) is 0. The molecule has 4 aliphatic rings. The summed E-state index contributed by atoms with van der Waals surface area (Å²) in [4.78, 5) is 5.06. The van der Waals surface area contributed by atoms with E-state index in [4.69, 9.17) is 9.15 Å². The van der Waals surface area contributed by atoms with Gasteiger partial charge in [-0.2, -0.15) is 0 Å². The molecule has 68 heavy (non-hydrogen) atoms. The SMILES string of the molecule is CC(C)(C)c1ccc(N2c3cc4c(cc3B3c5ccccc5N(c5ccc(C(C)(C)C)cc5)c5c3c2cc2c5oc3ccccc32)-c2ccccc2C42c3ccccc3Oc3ccccc32)cc1. The van der Waals surface area contributed by atoms with Crippen molar-refractivity contribution in [2.75, 3.05) is 9.80 Å². The van der Waals surface area contributed by atoms with Crippen molar-refractivity contribution in [1.29, 1.82) is 0 Å². The molecular weight excluding hydrogens is 828 g/mol. The first-order valence-corrected chi connectivity index (χ1v) is 24.0. The van der Waals surface area contributed by atoms with Crippen molar-refractivity contribution in [3.8, 4) is 22.6 Å². The highest BCUT2D eigenvalue weighted by Gasteiger charge is 2.53. The van der Waals surface area contributed by atoms with E-state index in [9.17, 15) is 0 Å². The zero-order chi connectivity index (χ0) is 45.8.